The molecule has 158 valence electrons. The van der Waals surface area contributed by atoms with E-state index >= 15 is 0 Å². The highest BCUT2D eigenvalue weighted by Gasteiger charge is 2.62. The topological polar surface area (TPSA) is 55.8 Å². The third-order valence-electron chi connectivity index (χ3n) is 6.72. The summed E-state index contributed by atoms with van der Waals surface area (Å²) in [6.07, 6.45) is 14.2. The van der Waals surface area contributed by atoms with E-state index in [1.165, 1.54) is 5.57 Å². The van der Waals surface area contributed by atoms with Crippen LogP contribution in [0.25, 0.3) is 0 Å². The molecule has 0 amide bonds. The number of aliphatic hydroxyl groups excluding tert-OH is 1. The van der Waals surface area contributed by atoms with Gasteiger partial charge in [-0.25, -0.2) is 0 Å². The van der Waals surface area contributed by atoms with Crippen LogP contribution >= 0.6 is 0 Å². The number of aliphatic hydroxyl groups is 1. The number of rotatable bonds is 0. The second-order valence-corrected chi connectivity index (χ2v) is 9.15. The zero-order valence-electron chi connectivity index (χ0n) is 18.2. The lowest BCUT2D eigenvalue weighted by Gasteiger charge is -2.46. The monoisotopic (exact) mass is 406 g/mol. The van der Waals surface area contributed by atoms with Gasteiger partial charge in [0.1, 0.15) is 23.7 Å². The molecule has 3 heterocycles. The molecule has 1 fully saturated rings. The standard InChI is InChI=1S/C26H30O4/c1-16-7-6-8-21(27)11-20-9-10-22(29-15-20)23-19(4)30-26(24(23)28)14-18(3)17(2)13-25(26,5)12-16/h6-7,9-13,18,21,27H,4,8,14-15H2,1-3,5H3/b7-6+,16-12+,20-11-,23-22?. The summed E-state index contributed by atoms with van der Waals surface area (Å²) < 4.78 is 12.3. The minimum atomic E-state index is -1.05. The van der Waals surface area contributed by atoms with Crippen LogP contribution in [-0.2, 0) is 14.3 Å². The van der Waals surface area contributed by atoms with Gasteiger partial charge in [0.15, 0.2) is 5.60 Å². The van der Waals surface area contributed by atoms with Crippen molar-refractivity contribution >= 4 is 5.78 Å². The molecule has 2 aliphatic carbocycles. The number of hydrogen-bond acceptors (Lipinski definition) is 4. The van der Waals surface area contributed by atoms with Crippen LogP contribution in [0.5, 0.6) is 0 Å². The summed E-state index contributed by atoms with van der Waals surface area (Å²) in [6, 6.07) is 0. The van der Waals surface area contributed by atoms with Gasteiger partial charge in [-0.2, -0.15) is 0 Å². The van der Waals surface area contributed by atoms with E-state index in [1.54, 1.807) is 12.2 Å². The third-order valence-corrected chi connectivity index (χ3v) is 6.72. The van der Waals surface area contributed by atoms with Crippen LogP contribution in [0.3, 0.4) is 0 Å². The van der Waals surface area contributed by atoms with E-state index in [2.05, 4.69) is 39.5 Å². The fraction of sp³-hybridized carbons (Fsp3) is 0.423. The zero-order chi connectivity index (χ0) is 21.7. The first-order valence-electron chi connectivity index (χ1n) is 10.6. The van der Waals surface area contributed by atoms with Gasteiger partial charge in [-0.1, -0.05) is 55.0 Å². The third kappa shape index (κ3) is 3.24. The van der Waals surface area contributed by atoms with Gasteiger partial charge in [0.2, 0.25) is 5.78 Å². The number of hydrogen-bond donors (Lipinski definition) is 1. The quantitative estimate of drug-likeness (QED) is 0.584. The van der Waals surface area contributed by atoms with Crippen molar-refractivity contribution in [2.24, 2.45) is 11.3 Å². The molecule has 5 rings (SSSR count). The van der Waals surface area contributed by atoms with Crippen molar-refractivity contribution < 1.29 is 19.4 Å². The maximum Gasteiger partial charge on any atom is 0.215 e. The number of ketones is 1. The predicted molar refractivity (Wildman–Crippen MR) is 117 cm³/mol. The van der Waals surface area contributed by atoms with E-state index in [4.69, 9.17) is 9.47 Å². The summed E-state index contributed by atoms with van der Waals surface area (Å²) in [4.78, 5) is 13.9. The maximum atomic E-state index is 13.9. The van der Waals surface area contributed by atoms with Crippen LogP contribution in [0, 0.1) is 11.3 Å². The summed E-state index contributed by atoms with van der Waals surface area (Å²) in [5.41, 5.74) is 1.88. The highest BCUT2D eigenvalue weighted by molar-refractivity contribution is 6.09. The van der Waals surface area contributed by atoms with Gasteiger partial charge in [-0.3, -0.25) is 4.79 Å². The highest BCUT2D eigenvalue weighted by Crippen LogP contribution is 2.55. The average molecular weight is 407 g/mol. The maximum absolute atomic E-state index is 13.9. The molecule has 1 spiro atoms. The largest absolute Gasteiger partial charge is 0.488 e. The van der Waals surface area contributed by atoms with Gasteiger partial charge in [-0.05, 0) is 50.8 Å². The van der Waals surface area contributed by atoms with Crippen molar-refractivity contribution in [3.8, 4) is 0 Å². The number of allylic oxidation sites excluding steroid dienone is 5. The van der Waals surface area contributed by atoms with Crippen molar-refractivity contribution in [3.63, 3.8) is 0 Å². The normalized spacial score (nSPS) is 40.8. The van der Waals surface area contributed by atoms with Crippen LogP contribution in [0.1, 0.15) is 40.5 Å². The van der Waals surface area contributed by atoms with Crippen molar-refractivity contribution in [3.05, 3.63) is 82.9 Å². The molecule has 0 aromatic heterocycles. The lowest BCUT2D eigenvalue weighted by atomic mass is 9.61. The minimum Gasteiger partial charge on any atom is -0.488 e. The Kier molecular flexibility index (Phi) is 5.01. The van der Waals surface area contributed by atoms with Crippen LogP contribution in [0.15, 0.2) is 82.9 Å². The Morgan fingerprint density at radius 1 is 1.20 bits per heavy atom. The van der Waals surface area contributed by atoms with Gasteiger partial charge in [0.05, 0.1) is 11.5 Å². The zero-order valence-corrected chi connectivity index (χ0v) is 18.2. The molecular weight excluding hydrogens is 376 g/mol. The van der Waals surface area contributed by atoms with E-state index in [0.29, 0.717) is 36.5 Å². The van der Waals surface area contributed by atoms with Gasteiger partial charge in [0.25, 0.3) is 0 Å². The first kappa shape index (κ1) is 20.7. The Morgan fingerprint density at radius 3 is 2.67 bits per heavy atom. The van der Waals surface area contributed by atoms with Crippen molar-refractivity contribution in [1.29, 1.82) is 0 Å². The lowest BCUT2D eigenvalue weighted by Crippen LogP contribution is -2.53. The Morgan fingerprint density at radius 2 is 1.97 bits per heavy atom. The number of fused-ring (bicyclic) bond motifs is 5. The van der Waals surface area contributed by atoms with Gasteiger partial charge in [0, 0.05) is 6.42 Å². The Bertz CT molecular complexity index is 987. The van der Waals surface area contributed by atoms with Gasteiger partial charge < -0.3 is 14.6 Å². The van der Waals surface area contributed by atoms with E-state index in [9.17, 15) is 9.90 Å². The molecule has 4 atom stereocenters. The van der Waals surface area contributed by atoms with Gasteiger partial charge >= 0.3 is 0 Å². The van der Waals surface area contributed by atoms with Crippen LogP contribution in [-0.4, -0.2) is 29.2 Å². The molecule has 0 aromatic rings. The number of carbonyl (C=O) groups is 1. The SMILES string of the molecule is C=C1OC23CC(C)C(C)=CC2(C)/C=C(C)/C=C/CC(O)/C=C2/C=CC(=C1C3=O)OC2. The van der Waals surface area contributed by atoms with Crippen LogP contribution in [0.4, 0.5) is 0 Å². The van der Waals surface area contributed by atoms with E-state index in [1.807, 2.05) is 25.2 Å². The molecule has 4 unspecified atom stereocenters. The molecule has 4 bridgehead atoms. The van der Waals surface area contributed by atoms with E-state index in [-0.39, 0.29) is 11.7 Å². The van der Waals surface area contributed by atoms with Crippen molar-refractivity contribution in [2.45, 2.75) is 52.2 Å². The molecule has 0 saturated carbocycles. The van der Waals surface area contributed by atoms with E-state index in [0.717, 1.165) is 11.1 Å². The van der Waals surface area contributed by atoms with Gasteiger partial charge in [-0.15, -0.1) is 0 Å². The summed E-state index contributed by atoms with van der Waals surface area (Å²) in [5.74, 6) is 1.01. The predicted octanol–water partition coefficient (Wildman–Crippen LogP) is 4.86. The molecule has 4 nitrogen and oxygen atoms in total. The Hall–Kier alpha value is -2.59. The minimum absolute atomic E-state index is 0.0689. The molecule has 0 aromatic carbocycles. The molecule has 30 heavy (non-hydrogen) atoms. The smallest absolute Gasteiger partial charge is 0.215 e. The number of Topliss-reactive ketones (excluding diaryl/α,β-unsaturated/α-hetero) is 1. The molecule has 1 N–H and O–H groups in total. The first-order chi connectivity index (χ1) is 14.1. The molecular formula is C26H30O4. The molecule has 1 saturated heterocycles. The fourth-order valence-electron chi connectivity index (χ4n) is 5.01. The number of ether oxygens (including phenoxy) is 2. The second kappa shape index (κ2) is 7.28. The first-order valence-corrected chi connectivity index (χ1v) is 10.6. The van der Waals surface area contributed by atoms with Crippen LogP contribution < -0.4 is 0 Å². The second-order valence-electron chi connectivity index (χ2n) is 9.15. The average Bonchev–Trinajstić information content (AvgIpc) is 2.91. The fourth-order valence-corrected chi connectivity index (χ4v) is 5.01. The van der Waals surface area contributed by atoms with Crippen LogP contribution in [0.2, 0.25) is 0 Å². The lowest BCUT2D eigenvalue weighted by molar-refractivity contribution is -0.139. The Balaban J connectivity index is 1.95. The van der Waals surface area contributed by atoms with Crippen molar-refractivity contribution in [1.82, 2.24) is 0 Å². The highest BCUT2D eigenvalue weighted by atomic mass is 16.5. The summed E-state index contributed by atoms with van der Waals surface area (Å²) in [5, 5.41) is 10.3. The molecule has 5 aliphatic rings. The van der Waals surface area contributed by atoms with Crippen molar-refractivity contribution in [2.75, 3.05) is 6.61 Å². The summed E-state index contributed by atoms with van der Waals surface area (Å²) in [6.45, 7) is 12.7. The molecule has 0 radical (unpaired) electrons. The number of carbonyl (C=O) groups excluding carboxylic acids is 1. The summed E-state index contributed by atoms with van der Waals surface area (Å²) >= 11 is 0. The van der Waals surface area contributed by atoms with E-state index < -0.39 is 17.1 Å². The summed E-state index contributed by atoms with van der Waals surface area (Å²) in [7, 11) is 0. The Labute approximate surface area is 178 Å². The molecule has 3 aliphatic heterocycles. The molecule has 4 heteroatoms.